The van der Waals surface area contributed by atoms with Crippen molar-refractivity contribution in [2.75, 3.05) is 6.61 Å². The van der Waals surface area contributed by atoms with Gasteiger partial charge in [0.1, 0.15) is 11.5 Å². The Bertz CT molecular complexity index is 816. The first-order valence-corrected chi connectivity index (χ1v) is 9.50. The molecule has 0 aliphatic carbocycles. The van der Waals surface area contributed by atoms with Crippen LogP contribution in [0.4, 0.5) is 0 Å². The molecule has 0 aliphatic rings. The highest BCUT2D eigenvalue weighted by Gasteiger charge is 2.11. The lowest BCUT2D eigenvalue weighted by atomic mass is 10.2. The van der Waals surface area contributed by atoms with Gasteiger partial charge in [0.2, 0.25) is 0 Å². The van der Waals surface area contributed by atoms with Crippen LogP contribution in [0.2, 0.25) is 5.02 Å². The van der Waals surface area contributed by atoms with Crippen molar-refractivity contribution < 1.29 is 19.1 Å². The predicted molar refractivity (Wildman–Crippen MR) is 107 cm³/mol. The molecule has 0 radical (unpaired) electrons. The van der Waals surface area contributed by atoms with Gasteiger partial charge in [-0.25, -0.2) is 0 Å². The minimum absolute atomic E-state index is 0.0485. The van der Waals surface area contributed by atoms with E-state index in [2.05, 4.69) is 26.8 Å². The van der Waals surface area contributed by atoms with Crippen molar-refractivity contribution in [2.45, 2.75) is 26.4 Å². The number of rotatable bonds is 7. The molecule has 0 aromatic heterocycles. The summed E-state index contributed by atoms with van der Waals surface area (Å²) in [6.45, 7) is 3.70. The summed E-state index contributed by atoms with van der Waals surface area (Å²) < 4.78 is 11.7. The van der Waals surface area contributed by atoms with Crippen LogP contribution in [0.25, 0.3) is 0 Å². The highest BCUT2D eigenvalue weighted by Crippen LogP contribution is 2.27. The summed E-state index contributed by atoms with van der Waals surface area (Å²) in [6.07, 6.45) is 0.906. The maximum atomic E-state index is 12.2. The predicted octanol–water partition coefficient (Wildman–Crippen LogP) is 4.12. The summed E-state index contributed by atoms with van der Waals surface area (Å²) in [4.78, 5) is 24.0. The Kier molecular flexibility index (Phi) is 7.94. The topological polar surface area (TPSA) is 76.7 Å². The molecule has 0 saturated heterocycles. The number of amides is 2. The van der Waals surface area contributed by atoms with Gasteiger partial charge in [0.15, 0.2) is 6.61 Å². The summed E-state index contributed by atoms with van der Waals surface area (Å²) in [5.41, 5.74) is 5.03. The number of ether oxygens (including phenoxy) is 2. The molecule has 0 fully saturated rings. The summed E-state index contributed by atoms with van der Waals surface area (Å²) in [7, 11) is 0. The molecule has 0 heterocycles. The zero-order chi connectivity index (χ0) is 19.8. The third kappa shape index (κ3) is 6.77. The standard InChI is InChI=1S/C19H20BrClN2O4/c1-3-12(2)27-15-6-4-5-13(9-15)19(25)23-22-18(24)11-26-17-8-7-14(21)10-16(17)20/h4-10,12H,3,11H2,1-2H3,(H,22,24)(H,23,25). The Morgan fingerprint density at radius 2 is 1.96 bits per heavy atom. The van der Waals surface area contributed by atoms with Gasteiger partial charge in [0, 0.05) is 10.6 Å². The smallest absolute Gasteiger partial charge is 0.276 e. The lowest BCUT2D eigenvalue weighted by Gasteiger charge is -2.13. The monoisotopic (exact) mass is 454 g/mol. The molecule has 2 rings (SSSR count). The van der Waals surface area contributed by atoms with Gasteiger partial charge >= 0.3 is 0 Å². The second kappa shape index (κ2) is 10.2. The second-order valence-corrected chi connectivity index (χ2v) is 7.02. The first-order valence-electron chi connectivity index (χ1n) is 8.32. The summed E-state index contributed by atoms with van der Waals surface area (Å²) in [5.74, 6) is 0.109. The van der Waals surface area contributed by atoms with E-state index < -0.39 is 11.8 Å². The maximum absolute atomic E-state index is 12.2. The Labute approximate surface area is 171 Å². The lowest BCUT2D eigenvalue weighted by Crippen LogP contribution is -2.43. The fraction of sp³-hybridized carbons (Fsp3) is 0.263. The van der Waals surface area contributed by atoms with Crippen molar-refractivity contribution in [2.24, 2.45) is 0 Å². The quantitative estimate of drug-likeness (QED) is 0.616. The molecule has 2 aromatic rings. The molecule has 0 bridgehead atoms. The van der Waals surface area contributed by atoms with Crippen molar-refractivity contribution >= 4 is 39.3 Å². The highest BCUT2D eigenvalue weighted by atomic mass is 79.9. The summed E-state index contributed by atoms with van der Waals surface area (Å²) >= 11 is 9.14. The van der Waals surface area contributed by atoms with E-state index in [0.717, 1.165) is 6.42 Å². The van der Waals surface area contributed by atoms with Crippen LogP contribution in [0.15, 0.2) is 46.9 Å². The molecule has 2 amide bonds. The average Bonchev–Trinajstić information content (AvgIpc) is 2.65. The average molecular weight is 456 g/mol. The fourth-order valence-electron chi connectivity index (χ4n) is 2.00. The molecule has 1 unspecified atom stereocenters. The van der Waals surface area contributed by atoms with E-state index in [9.17, 15) is 9.59 Å². The number of hydrazine groups is 1. The van der Waals surface area contributed by atoms with Crippen molar-refractivity contribution in [3.63, 3.8) is 0 Å². The van der Waals surface area contributed by atoms with Crippen molar-refractivity contribution in [1.29, 1.82) is 0 Å². The molecule has 8 heteroatoms. The molecular formula is C19H20BrClN2O4. The third-order valence-electron chi connectivity index (χ3n) is 3.58. The maximum Gasteiger partial charge on any atom is 0.276 e. The number of halogens is 2. The van der Waals surface area contributed by atoms with Crippen LogP contribution in [0.5, 0.6) is 11.5 Å². The number of benzene rings is 2. The van der Waals surface area contributed by atoms with Crippen molar-refractivity contribution in [3.8, 4) is 11.5 Å². The van der Waals surface area contributed by atoms with Gasteiger partial charge in [0.05, 0.1) is 10.6 Å². The Morgan fingerprint density at radius 3 is 2.67 bits per heavy atom. The van der Waals surface area contributed by atoms with Gasteiger partial charge in [-0.2, -0.15) is 0 Å². The SMILES string of the molecule is CCC(C)Oc1cccc(C(=O)NNC(=O)COc2ccc(Cl)cc2Br)c1. The number of hydrogen-bond donors (Lipinski definition) is 2. The molecule has 0 aliphatic heterocycles. The minimum atomic E-state index is -0.503. The molecule has 1 atom stereocenters. The zero-order valence-electron chi connectivity index (χ0n) is 14.9. The van der Waals surface area contributed by atoms with Gasteiger partial charge in [0.25, 0.3) is 11.8 Å². The van der Waals surface area contributed by atoms with Crippen molar-refractivity contribution in [3.05, 3.63) is 57.5 Å². The molecule has 6 nitrogen and oxygen atoms in total. The lowest BCUT2D eigenvalue weighted by molar-refractivity contribution is -0.123. The van der Waals surface area contributed by atoms with Crippen molar-refractivity contribution in [1.82, 2.24) is 10.9 Å². The van der Waals surface area contributed by atoms with Crippen LogP contribution in [0.1, 0.15) is 30.6 Å². The van der Waals surface area contributed by atoms with Crippen LogP contribution in [-0.4, -0.2) is 24.5 Å². The van der Waals surface area contributed by atoms with Crippen LogP contribution >= 0.6 is 27.5 Å². The number of hydrogen-bond acceptors (Lipinski definition) is 4. The molecule has 2 N–H and O–H groups in total. The van der Waals surface area contributed by atoms with Gasteiger partial charge in [-0.1, -0.05) is 24.6 Å². The van der Waals surface area contributed by atoms with Crippen LogP contribution in [0.3, 0.4) is 0 Å². The Balaban J connectivity index is 1.84. The minimum Gasteiger partial charge on any atom is -0.491 e. The third-order valence-corrected chi connectivity index (χ3v) is 4.43. The van der Waals surface area contributed by atoms with E-state index >= 15 is 0 Å². The molecular weight excluding hydrogens is 436 g/mol. The molecule has 0 spiro atoms. The molecule has 2 aromatic carbocycles. The fourth-order valence-corrected chi connectivity index (χ4v) is 2.79. The highest BCUT2D eigenvalue weighted by molar-refractivity contribution is 9.10. The van der Waals surface area contributed by atoms with Crippen LogP contribution < -0.4 is 20.3 Å². The number of carbonyl (C=O) groups excluding carboxylic acids is 2. The van der Waals surface area contributed by atoms with E-state index in [4.69, 9.17) is 21.1 Å². The first-order chi connectivity index (χ1) is 12.9. The second-order valence-electron chi connectivity index (χ2n) is 5.73. The molecule has 144 valence electrons. The molecule has 0 saturated carbocycles. The van der Waals surface area contributed by atoms with Crippen LogP contribution in [-0.2, 0) is 4.79 Å². The van der Waals surface area contributed by atoms with E-state index in [0.29, 0.717) is 26.6 Å². The van der Waals surface area contributed by atoms with E-state index in [1.54, 1.807) is 42.5 Å². The van der Waals surface area contributed by atoms with Gasteiger partial charge in [-0.05, 0) is 65.7 Å². The summed E-state index contributed by atoms with van der Waals surface area (Å²) in [5, 5.41) is 0.547. The van der Waals surface area contributed by atoms with E-state index in [-0.39, 0.29) is 12.7 Å². The summed E-state index contributed by atoms with van der Waals surface area (Å²) in [6, 6.07) is 11.7. The number of nitrogens with one attached hydrogen (secondary N) is 2. The van der Waals surface area contributed by atoms with Gasteiger partial charge in [-0.3, -0.25) is 20.4 Å². The largest absolute Gasteiger partial charge is 0.491 e. The number of carbonyl (C=O) groups is 2. The molecule has 27 heavy (non-hydrogen) atoms. The van der Waals surface area contributed by atoms with E-state index in [1.165, 1.54) is 0 Å². The van der Waals surface area contributed by atoms with Gasteiger partial charge < -0.3 is 9.47 Å². The first kappa shape index (κ1) is 21.1. The normalized spacial score (nSPS) is 11.4. The Morgan fingerprint density at radius 1 is 1.19 bits per heavy atom. The zero-order valence-corrected chi connectivity index (χ0v) is 17.3. The Hall–Kier alpha value is -2.25. The van der Waals surface area contributed by atoms with E-state index in [1.807, 2.05) is 13.8 Å². The van der Waals surface area contributed by atoms with Crippen LogP contribution in [0, 0.1) is 0 Å². The van der Waals surface area contributed by atoms with Gasteiger partial charge in [-0.15, -0.1) is 0 Å².